The minimum absolute atomic E-state index is 0.256. The highest BCUT2D eigenvalue weighted by Crippen LogP contribution is 2.09. The first kappa shape index (κ1) is 17.1. The molecule has 0 aliphatic rings. The molecule has 6 nitrogen and oxygen atoms in total. The van der Waals surface area contributed by atoms with Crippen LogP contribution < -0.4 is 5.43 Å². The van der Waals surface area contributed by atoms with E-state index in [1.54, 1.807) is 48.5 Å². The Balaban J connectivity index is 2.35. The number of nitrogens with zero attached hydrogens (tertiary/aromatic N) is 1. The number of anilines is 1. The number of rotatable bonds is 6. The van der Waals surface area contributed by atoms with Gasteiger partial charge in [-0.15, -0.1) is 0 Å². The van der Waals surface area contributed by atoms with Gasteiger partial charge in [-0.1, -0.05) is 48.0 Å². The number of para-hydroxylation sites is 1. The second-order valence-corrected chi connectivity index (χ2v) is 4.95. The number of esters is 1. The molecule has 2 aromatic rings. The molecule has 0 aliphatic heterocycles. The summed E-state index contributed by atoms with van der Waals surface area (Å²) < 4.78 is 4.40. The van der Waals surface area contributed by atoms with Crippen LogP contribution in [-0.2, 0) is 14.3 Å². The number of methoxy groups -OCH3 is 1. The molecule has 0 aliphatic carbocycles. The second kappa shape index (κ2) is 7.82. The van der Waals surface area contributed by atoms with Crippen LogP contribution in [0.1, 0.15) is 15.9 Å². The van der Waals surface area contributed by atoms with Gasteiger partial charge in [-0.3, -0.25) is 15.0 Å². The van der Waals surface area contributed by atoms with Gasteiger partial charge in [0.2, 0.25) is 5.78 Å². The molecule has 0 fully saturated rings. The largest absolute Gasteiger partial charge is 0.463 e. The number of hydrogen-bond donors (Lipinski definition) is 1. The van der Waals surface area contributed by atoms with E-state index in [1.165, 1.54) is 0 Å². The number of carbonyl (C=O) groups excluding carboxylic acids is 3. The van der Waals surface area contributed by atoms with E-state index in [2.05, 4.69) is 15.3 Å². The number of benzene rings is 2. The molecular formula is C18H16N2O4. The molecule has 0 spiro atoms. The Bertz CT molecular complexity index is 780. The van der Waals surface area contributed by atoms with Gasteiger partial charge < -0.3 is 4.74 Å². The maximum absolute atomic E-state index is 12.5. The van der Waals surface area contributed by atoms with E-state index in [0.717, 1.165) is 12.7 Å². The van der Waals surface area contributed by atoms with Crippen molar-refractivity contribution < 1.29 is 19.1 Å². The molecule has 2 rings (SSSR count). The van der Waals surface area contributed by atoms with Crippen molar-refractivity contribution in [3.8, 4) is 0 Å². The van der Waals surface area contributed by atoms with Gasteiger partial charge in [0.25, 0.3) is 5.78 Å². The molecule has 2 aromatic carbocycles. The van der Waals surface area contributed by atoms with Crippen molar-refractivity contribution in [3.63, 3.8) is 0 Å². The first-order valence-corrected chi connectivity index (χ1v) is 7.15. The standard InChI is InChI=1S/C18H16N2O4/c1-12-8-10-13(11-9-12)16(21)15(17(22)18(23)24-2)20-19-14-6-4-3-5-7-14/h3-11,19H,1-2H3. The van der Waals surface area contributed by atoms with E-state index >= 15 is 0 Å². The van der Waals surface area contributed by atoms with Crippen molar-refractivity contribution in [1.29, 1.82) is 0 Å². The molecule has 1 N–H and O–H groups in total. The number of nitrogens with one attached hydrogen (secondary N) is 1. The Labute approximate surface area is 139 Å². The normalized spacial score (nSPS) is 10.8. The third-order valence-electron chi connectivity index (χ3n) is 3.19. The molecule has 0 aromatic heterocycles. The molecular weight excluding hydrogens is 308 g/mol. The zero-order valence-electron chi connectivity index (χ0n) is 13.3. The number of ether oxygens (including phenoxy) is 1. The van der Waals surface area contributed by atoms with Gasteiger partial charge >= 0.3 is 5.97 Å². The van der Waals surface area contributed by atoms with Gasteiger partial charge in [-0.05, 0) is 19.1 Å². The fourth-order valence-electron chi connectivity index (χ4n) is 1.87. The molecule has 0 amide bonds. The third-order valence-corrected chi connectivity index (χ3v) is 3.19. The molecule has 6 heteroatoms. The van der Waals surface area contributed by atoms with Crippen molar-refractivity contribution in [2.24, 2.45) is 5.10 Å². The van der Waals surface area contributed by atoms with Crippen molar-refractivity contribution in [3.05, 3.63) is 65.7 Å². The summed E-state index contributed by atoms with van der Waals surface area (Å²) in [4.78, 5) is 36.2. The Kier molecular flexibility index (Phi) is 5.57. The summed E-state index contributed by atoms with van der Waals surface area (Å²) in [6, 6.07) is 15.4. The Morgan fingerprint density at radius 1 is 0.958 bits per heavy atom. The summed E-state index contributed by atoms with van der Waals surface area (Å²) in [6.07, 6.45) is 0. The van der Waals surface area contributed by atoms with Crippen LogP contribution in [0.4, 0.5) is 5.69 Å². The van der Waals surface area contributed by atoms with Crippen molar-refractivity contribution in [2.45, 2.75) is 6.92 Å². The fourth-order valence-corrected chi connectivity index (χ4v) is 1.87. The number of hydrazone groups is 1. The maximum atomic E-state index is 12.5. The van der Waals surface area contributed by atoms with Crippen LogP contribution >= 0.6 is 0 Å². The minimum atomic E-state index is -1.15. The summed E-state index contributed by atoms with van der Waals surface area (Å²) in [5, 5.41) is 3.83. The fraction of sp³-hybridized carbons (Fsp3) is 0.111. The van der Waals surface area contributed by atoms with Crippen molar-refractivity contribution in [1.82, 2.24) is 0 Å². The lowest BCUT2D eigenvalue weighted by molar-refractivity contribution is -0.148. The van der Waals surface area contributed by atoms with E-state index in [4.69, 9.17) is 0 Å². The van der Waals surface area contributed by atoms with Crippen LogP contribution in [0, 0.1) is 6.92 Å². The lowest BCUT2D eigenvalue weighted by atomic mass is 10.0. The lowest BCUT2D eigenvalue weighted by Crippen LogP contribution is -2.32. The third kappa shape index (κ3) is 4.13. The maximum Gasteiger partial charge on any atom is 0.381 e. The average molecular weight is 324 g/mol. The smallest absolute Gasteiger partial charge is 0.381 e. The number of ketones is 2. The van der Waals surface area contributed by atoms with E-state index in [0.29, 0.717) is 5.69 Å². The predicted octanol–water partition coefficient (Wildman–Crippen LogP) is 2.39. The molecule has 24 heavy (non-hydrogen) atoms. The predicted molar refractivity (Wildman–Crippen MR) is 90.0 cm³/mol. The summed E-state index contributed by atoms with van der Waals surface area (Å²) >= 11 is 0. The van der Waals surface area contributed by atoms with Crippen LogP contribution in [-0.4, -0.2) is 30.4 Å². The first-order valence-electron chi connectivity index (χ1n) is 7.15. The van der Waals surface area contributed by atoms with Crippen LogP contribution in [0.3, 0.4) is 0 Å². The summed E-state index contributed by atoms with van der Waals surface area (Å²) in [6.45, 7) is 1.87. The molecule has 0 saturated heterocycles. The number of aryl methyl sites for hydroxylation is 1. The highest BCUT2D eigenvalue weighted by Gasteiger charge is 2.28. The van der Waals surface area contributed by atoms with Crippen molar-refractivity contribution in [2.75, 3.05) is 12.5 Å². The van der Waals surface area contributed by atoms with Gasteiger partial charge in [0.15, 0.2) is 5.71 Å². The number of Topliss-reactive ketones (excluding diaryl/α,β-unsaturated/α-hetero) is 2. The molecule has 0 unspecified atom stereocenters. The Morgan fingerprint density at radius 3 is 2.17 bits per heavy atom. The lowest BCUT2D eigenvalue weighted by Gasteiger charge is -2.06. The molecule has 0 atom stereocenters. The molecule has 122 valence electrons. The topological polar surface area (TPSA) is 84.8 Å². The van der Waals surface area contributed by atoms with E-state index in [9.17, 15) is 14.4 Å². The highest BCUT2D eigenvalue weighted by atomic mass is 16.5. The zero-order chi connectivity index (χ0) is 17.5. The van der Waals surface area contributed by atoms with Gasteiger partial charge in [-0.2, -0.15) is 5.10 Å². The van der Waals surface area contributed by atoms with Gasteiger partial charge in [0.1, 0.15) is 0 Å². The van der Waals surface area contributed by atoms with E-state index in [-0.39, 0.29) is 5.56 Å². The van der Waals surface area contributed by atoms with E-state index < -0.39 is 23.2 Å². The first-order chi connectivity index (χ1) is 11.5. The van der Waals surface area contributed by atoms with Gasteiger partial charge in [0.05, 0.1) is 12.8 Å². The molecule has 0 saturated carbocycles. The minimum Gasteiger partial charge on any atom is -0.463 e. The number of carbonyl (C=O) groups is 3. The molecule has 0 heterocycles. The Morgan fingerprint density at radius 2 is 1.58 bits per heavy atom. The van der Waals surface area contributed by atoms with Crippen LogP contribution in [0.5, 0.6) is 0 Å². The number of hydrogen-bond acceptors (Lipinski definition) is 6. The second-order valence-electron chi connectivity index (χ2n) is 4.95. The van der Waals surface area contributed by atoms with Crippen molar-refractivity contribution >= 4 is 28.9 Å². The quantitative estimate of drug-likeness (QED) is 0.220. The zero-order valence-corrected chi connectivity index (χ0v) is 13.3. The SMILES string of the molecule is COC(=O)C(=O)C(=NNc1ccccc1)C(=O)c1ccc(C)cc1. The van der Waals surface area contributed by atoms with Crippen LogP contribution in [0.25, 0.3) is 0 Å². The molecule has 0 radical (unpaired) electrons. The average Bonchev–Trinajstić information content (AvgIpc) is 2.62. The van der Waals surface area contributed by atoms with Crippen LogP contribution in [0.15, 0.2) is 59.7 Å². The van der Waals surface area contributed by atoms with Gasteiger partial charge in [-0.25, -0.2) is 4.79 Å². The summed E-state index contributed by atoms with van der Waals surface area (Å²) in [5.74, 6) is -2.91. The highest BCUT2D eigenvalue weighted by molar-refractivity contribution is 6.80. The van der Waals surface area contributed by atoms with Crippen LogP contribution in [0.2, 0.25) is 0 Å². The monoisotopic (exact) mass is 324 g/mol. The summed E-state index contributed by atoms with van der Waals surface area (Å²) in [5.41, 5.74) is 3.87. The summed E-state index contributed by atoms with van der Waals surface area (Å²) in [7, 11) is 1.07. The Hall–Kier alpha value is -3.28. The molecule has 0 bridgehead atoms. The van der Waals surface area contributed by atoms with E-state index in [1.807, 2.05) is 13.0 Å². The van der Waals surface area contributed by atoms with Gasteiger partial charge in [0, 0.05) is 5.56 Å².